The number of carbonyl (C=O) groups is 1. The molecule has 150 valence electrons. The van der Waals surface area contributed by atoms with Crippen molar-refractivity contribution < 1.29 is 9.90 Å². The van der Waals surface area contributed by atoms with Gasteiger partial charge in [-0.15, -0.1) is 0 Å². The fourth-order valence-corrected chi connectivity index (χ4v) is 4.46. The van der Waals surface area contributed by atoms with E-state index in [2.05, 4.69) is 33.4 Å². The molecular formula is C22H24N4O2S. The van der Waals surface area contributed by atoms with Gasteiger partial charge in [-0.05, 0) is 43.6 Å². The van der Waals surface area contributed by atoms with E-state index in [4.69, 9.17) is 10.1 Å². The molecule has 0 spiro atoms. The molecule has 1 fully saturated rings. The summed E-state index contributed by atoms with van der Waals surface area (Å²) in [5, 5.41) is 13.0. The van der Waals surface area contributed by atoms with Crippen molar-refractivity contribution in [3.63, 3.8) is 0 Å². The van der Waals surface area contributed by atoms with Crippen molar-refractivity contribution in [3.05, 3.63) is 60.4 Å². The lowest BCUT2D eigenvalue weighted by Gasteiger charge is -2.31. The first-order valence-corrected chi connectivity index (χ1v) is 10.7. The maximum Gasteiger partial charge on any atom is 0.304 e. The molecule has 7 heteroatoms. The summed E-state index contributed by atoms with van der Waals surface area (Å²) < 4.78 is 0. The third-order valence-electron chi connectivity index (χ3n) is 5.22. The highest BCUT2D eigenvalue weighted by atomic mass is 32.1. The number of nitrogens with zero attached hydrogens (tertiary/aromatic N) is 3. The molecule has 3 aromatic rings. The number of hydrogen-bond acceptors (Lipinski definition) is 6. The maximum atomic E-state index is 10.7. The molecule has 1 aromatic carbocycles. The van der Waals surface area contributed by atoms with Crippen LogP contribution in [-0.2, 0) is 4.79 Å². The summed E-state index contributed by atoms with van der Waals surface area (Å²) in [6.07, 6.45) is 4.11. The Kier molecular flexibility index (Phi) is 6.17. The number of aromatic nitrogens is 2. The van der Waals surface area contributed by atoms with Crippen LogP contribution in [-0.4, -0.2) is 45.6 Å². The van der Waals surface area contributed by atoms with Gasteiger partial charge in [0.25, 0.3) is 0 Å². The van der Waals surface area contributed by atoms with Gasteiger partial charge in [-0.3, -0.25) is 4.79 Å². The van der Waals surface area contributed by atoms with Crippen molar-refractivity contribution in [2.24, 2.45) is 0 Å². The summed E-state index contributed by atoms with van der Waals surface area (Å²) in [6.45, 7) is 2.47. The number of pyridine rings is 1. The van der Waals surface area contributed by atoms with Crippen LogP contribution in [0.4, 0.5) is 10.9 Å². The van der Waals surface area contributed by atoms with Crippen LogP contribution in [0.25, 0.3) is 10.4 Å². The fraction of sp³-hybridized carbons (Fsp3) is 0.318. The summed E-state index contributed by atoms with van der Waals surface area (Å²) in [5.41, 5.74) is 2.25. The highest BCUT2D eigenvalue weighted by Gasteiger charge is 2.22. The molecule has 1 aliphatic heterocycles. The Morgan fingerprint density at radius 1 is 1.14 bits per heavy atom. The van der Waals surface area contributed by atoms with Crippen LogP contribution in [0.1, 0.15) is 30.9 Å². The van der Waals surface area contributed by atoms with Gasteiger partial charge in [-0.1, -0.05) is 47.7 Å². The molecule has 6 nitrogen and oxygen atoms in total. The number of anilines is 2. The van der Waals surface area contributed by atoms with Gasteiger partial charge in [-0.25, -0.2) is 9.97 Å². The second-order valence-electron chi connectivity index (χ2n) is 7.23. The number of carboxylic acid groups (broad SMARTS) is 1. The van der Waals surface area contributed by atoms with E-state index in [0.29, 0.717) is 12.5 Å². The van der Waals surface area contributed by atoms with Crippen molar-refractivity contribution in [1.82, 2.24) is 14.9 Å². The zero-order valence-corrected chi connectivity index (χ0v) is 16.9. The van der Waals surface area contributed by atoms with Crippen LogP contribution in [0, 0.1) is 0 Å². The Hall–Kier alpha value is -2.77. The minimum atomic E-state index is -0.731. The van der Waals surface area contributed by atoms with Crippen molar-refractivity contribution >= 4 is 28.3 Å². The Morgan fingerprint density at radius 3 is 2.69 bits per heavy atom. The zero-order valence-electron chi connectivity index (χ0n) is 16.1. The molecular weight excluding hydrogens is 384 g/mol. The summed E-state index contributed by atoms with van der Waals surface area (Å²) in [4.78, 5) is 23.4. The van der Waals surface area contributed by atoms with Gasteiger partial charge < -0.3 is 15.3 Å². The normalized spacial score (nSPS) is 15.3. The fourth-order valence-electron chi connectivity index (χ4n) is 3.63. The number of piperidine rings is 1. The molecule has 3 heterocycles. The van der Waals surface area contributed by atoms with Crippen molar-refractivity contribution in [1.29, 1.82) is 0 Å². The summed E-state index contributed by atoms with van der Waals surface area (Å²) >= 11 is 1.61. The number of rotatable bonds is 7. The lowest BCUT2D eigenvalue weighted by atomic mass is 9.93. The lowest BCUT2D eigenvalue weighted by molar-refractivity contribution is -0.137. The Bertz CT molecular complexity index is 952. The standard InChI is InChI=1S/C22H24N4O2S/c27-21(28)11-14-26-12-9-16(10-13-26)18-7-4-8-20(24-18)25-22-23-15-19(29-22)17-5-2-1-3-6-17/h1-8,15-16H,9-14H2,(H,27,28)(H,23,24,25). The van der Waals surface area contributed by atoms with Crippen LogP contribution in [0.3, 0.4) is 0 Å². The SMILES string of the molecule is O=C(O)CCN1CCC(c2cccc(Nc3ncc(-c4ccccc4)s3)n2)CC1. The van der Waals surface area contributed by atoms with E-state index in [1.54, 1.807) is 11.3 Å². The zero-order chi connectivity index (χ0) is 20.1. The minimum Gasteiger partial charge on any atom is -0.481 e. The molecule has 0 saturated carbocycles. The molecule has 0 atom stereocenters. The van der Waals surface area contributed by atoms with Crippen molar-refractivity contribution in [2.75, 3.05) is 25.0 Å². The average Bonchev–Trinajstić information content (AvgIpc) is 3.22. The second-order valence-corrected chi connectivity index (χ2v) is 8.26. The average molecular weight is 409 g/mol. The predicted molar refractivity (Wildman–Crippen MR) is 116 cm³/mol. The van der Waals surface area contributed by atoms with Gasteiger partial charge in [0.15, 0.2) is 5.13 Å². The van der Waals surface area contributed by atoms with E-state index in [9.17, 15) is 4.79 Å². The summed E-state index contributed by atoms with van der Waals surface area (Å²) in [7, 11) is 0. The molecule has 0 unspecified atom stereocenters. The number of aliphatic carboxylic acids is 1. The number of benzene rings is 1. The molecule has 0 radical (unpaired) electrons. The number of hydrogen-bond donors (Lipinski definition) is 2. The minimum absolute atomic E-state index is 0.209. The first-order chi connectivity index (χ1) is 14.2. The molecule has 1 saturated heterocycles. The van der Waals surface area contributed by atoms with Gasteiger partial charge in [-0.2, -0.15) is 0 Å². The molecule has 29 heavy (non-hydrogen) atoms. The van der Waals surface area contributed by atoms with E-state index >= 15 is 0 Å². The Balaban J connectivity index is 1.37. The molecule has 2 N–H and O–H groups in total. The Morgan fingerprint density at radius 2 is 1.93 bits per heavy atom. The van der Waals surface area contributed by atoms with Gasteiger partial charge >= 0.3 is 5.97 Å². The molecule has 2 aromatic heterocycles. The van der Waals surface area contributed by atoms with Gasteiger partial charge in [0.2, 0.25) is 0 Å². The second kappa shape index (κ2) is 9.15. The topological polar surface area (TPSA) is 78.4 Å². The number of thiazole rings is 1. The van der Waals surface area contributed by atoms with Crippen LogP contribution in [0.5, 0.6) is 0 Å². The lowest BCUT2D eigenvalue weighted by Crippen LogP contribution is -2.34. The van der Waals surface area contributed by atoms with Crippen molar-refractivity contribution in [3.8, 4) is 10.4 Å². The summed E-state index contributed by atoms with van der Waals surface area (Å²) in [5.74, 6) is 0.490. The molecule has 0 amide bonds. The number of likely N-dealkylation sites (tertiary alicyclic amines) is 1. The number of nitrogens with one attached hydrogen (secondary N) is 1. The molecule has 0 bridgehead atoms. The Labute approximate surface area is 174 Å². The van der Waals surface area contributed by atoms with Gasteiger partial charge in [0.05, 0.1) is 11.3 Å². The third kappa shape index (κ3) is 5.19. The smallest absolute Gasteiger partial charge is 0.304 e. The van der Waals surface area contributed by atoms with Crippen LogP contribution in [0.2, 0.25) is 0 Å². The van der Waals surface area contributed by atoms with E-state index in [-0.39, 0.29) is 6.42 Å². The molecule has 4 rings (SSSR count). The number of carboxylic acids is 1. The highest BCUT2D eigenvalue weighted by molar-refractivity contribution is 7.18. The largest absolute Gasteiger partial charge is 0.481 e. The van der Waals surface area contributed by atoms with Crippen molar-refractivity contribution in [2.45, 2.75) is 25.2 Å². The quantitative estimate of drug-likeness (QED) is 0.595. The van der Waals surface area contributed by atoms with Gasteiger partial charge in [0.1, 0.15) is 5.82 Å². The summed E-state index contributed by atoms with van der Waals surface area (Å²) in [6, 6.07) is 16.3. The highest BCUT2D eigenvalue weighted by Crippen LogP contribution is 2.31. The molecule has 1 aliphatic rings. The van der Waals surface area contributed by atoms with Crippen LogP contribution >= 0.6 is 11.3 Å². The maximum absolute atomic E-state index is 10.7. The van der Waals surface area contributed by atoms with E-state index in [1.165, 1.54) is 0 Å². The first-order valence-electron chi connectivity index (χ1n) is 9.87. The van der Waals surface area contributed by atoms with E-state index in [1.807, 2.05) is 36.5 Å². The molecule has 0 aliphatic carbocycles. The van der Waals surface area contributed by atoms with E-state index < -0.39 is 5.97 Å². The predicted octanol–water partition coefficient (Wildman–Crippen LogP) is 4.60. The van der Waals surface area contributed by atoms with Crippen LogP contribution in [0.15, 0.2) is 54.7 Å². The van der Waals surface area contributed by atoms with Crippen LogP contribution < -0.4 is 5.32 Å². The third-order valence-corrected chi connectivity index (χ3v) is 6.18. The van der Waals surface area contributed by atoms with E-state index in [0.717, 1.165) is 53.0 Å². The monoisotopic (exact) mass is 408 g/mol. The first kappa shape index (κ1) is 19.5. The van der Waals surface area contributed by atoms with Gasteiger partial charge in [0, 0.05) is 24.4 Å².